The summed E-state index contributed by atoms with van der Waals surface area (Å²) in [7, 11) is 0. The van der Waals surface area contributed by atoms with Crippen molar-refractivity contribution in [2.75, 3.05) is 32.8 Å². The molecule has 0 aromatic carbocycles. The summed E-state index contributed by atoms with van der Waals surface area (Å²) in [6.07, 6.45) is 12.6. The summed E-state index contributed by atoms with van der Waals surface area (Å²) in [4.78, 5) is 10.1. The third-order valence-corrected chi connectivity index (χ3v) is 4.99. The fraction of sp³-hybridized carbons (Fsp3) is 0.792. The molecule has 0 unspecified atom stereocenters. The van der Waals surface area contributed by atoms with Crippen LogP contribution in [0.2, 0.25) is 0 Å². The maximum atomic E-state index is 10.1. The molecule has 0 aliphatic carbocycles. The highest BCUT2D eigenvalue weighted by Crippen LogP contribution is 2.14. The number of aliphatic carboxylic acids is 1. The van der Waals surface area contributed by atoms with E-state index in [1.807, 2.05) is 13.8 Å². The molecule has 0 amide bonds. The Bertz CT molecular complexity index is 415. The first-order chi connectivity index (χ1) is 13.3. The Hall–Kier alpha value is -1.13. The second-order valence-electron chi connectivity index (χ2n) is 8.15. The van der Waals surface area contributed by atoms with Crippen LogP contribution in [0, 0.1) is 0 Å². The van der Waals surface area contributed by atoms with Gasteiger partial charge in [0.1, 0.15) is 6.54 Å². The molecule has 0 saturated heterocycles. The zero-order chi connectivity index (χ0) is 21.8. The molecule has 0 radical (unpaired) electrons. The smallest absolute Gasteiger partial charge is 0.102 e. The Labute approximate surface area is 174 Å². The topological polar surface area (TPSA) is 60.4 Å². The molecule has 0 atom stereocenters. The highest BCUT2D eigenvalue weighted by molar-refractivity contribution is 5.78. The standard InChI is InChI=1S/C14H32NO.C10H16O2/c1-4-7-10-15(13-14-16,11-8-5-2)12-9-6-3;1-8(2)5-4-6-9(3)7-10(11)12/h16H,4-14H2,1-3H3;5,7H,4,6H2,1-3H3,(H,11,12)/q+1;/p-1/b;9-7+. The van der Waals surface area contributed by atoms with Crippen LogP contribution in [0.1, 0.15) is 92.9 Å². The minimum Gasteiger partial charge on any atom is -0.545 e. The number of unbranched alkanes of at least 4 members (excludes halogenated alkanes) is 3. The van der Waals surface area contributed by atoms with E-state index in [4.69, 9.17) is 0 Å². The van der Waals surface area contributed by atoms with Crippen molar-refractivity contribution in [1.82, 2.24) is 0 Å². The van der Waals surface area contributed by atoms with Gasteiger partial charge in [-0.05, 0) is 59.0 Å². The van der Waals surface area contributed by atoms with Crippen molar-refractivity contribution >= 4 is 5.97 Å². The lowest BCUT2D eigenvalue weighted by atomic mass is 10.1. The number of carbonyl (C=O) groups is 1. The summed E-state index contributed by atoms with van der Waals surface area (Å²) in [5.41, 5.74) is 2.11. The first kappa shape index (κ1) is 29.1. The predicted molar refractivity (Wildman–Crippen MR) is 119 cm³/mol. The third-order valence-electron chi connectivity index (χ3n) is 4.99. The van der Waals surface area contributed by atoms with Gasteiger partial charge in [-0.15, -0.1) is 0 Å². The molecular weight excluding hydrogens is 350 g/mol. The van der Waals surface area contributed by atoms with Crippen LogP contribution in [0.3, 0.4) is 0 Å². The van der Waals surface area contributed by atoms with Gasteiger partial charge in [-0.25, -0.2) is 0 Å². The van der Waals surface area contributed by atoms with Crippen molar-refractivity contribution < 1.29 is 19.5 Å². The molecule has 0 rings (SSSR count). The number of rotatable bonds is 15. The highest BCUT2D eigenvalue weighted by Gasteiger charge is 2.24. The zero-order valence-corrected chi connectivity index (χ0v) is 19.6. The van der Waals surface area contributed by atoms with E-state index >= 15 is 0 Å². The molecule has 4 nitrogen and oxygen atoms in total. The Morgan fingerprint density at radius 3 is 1.68 bits per heavy atom. The molecule has 0 bridgehead atoms. The van der Waals surface area contributed by atoms with Crippen molar-refractivity contribution in [3.05, 3.63) is 23.3 Å². The number of aliphatic hydroxyl groups is 1. The van der Waals surface area contributed by atoms with Gasteiger partial charge in [0.15, 0.2) is 0 Å². The highest BCUT2D eigenvalue weighted by atomic mass is 16.4. The SMILES string of the molecule is CC(C)=CCC/C(C)=C/C(=O)[O-].CCCC[N+](CCO)(CCCC)CCCC. The number of hydrogen-bond acceptors (Lipinski definition) is 3. The molecule has 0 aliphatic heterocycles. The lowest BCUT2D eigenvalue weighted by Crippen LogP contribution is -2.51. The summed E-state index contributed by atoms with van der Waals surface area (Å²) < 4.78 is 1.16. The number of nitrogens with zero attached hydrogens (tertiary/aromatic N) is 1. The van der Waals surface area contributed by atoms with Crippen LogP contribution >= 0.6 is 0 Å². The van der Waals surface area contributed by atoms with Crippen LogP contribution in [0.15, 0.2) is 23.3 Å². The van der Waals surface area contributed by atoms with Gasteiger partial charge in [-0.1, -0.05) is 57.3 Å². The van der Waals surface area contributed by atoms with Crippen LogP contribution in [-0.4, -0.2) is 48.3 Å². The number of hydrogen-bond donors (Lipinski definition) is 1. The Morgan fingerprint density at radius 1 is 0.893 bits per heavy atom. The Morgan fingerprint density at radius 2 is 1.36 bits per heavy atom. The second-order valence-corrected chi connectivity index (χ2v) is 8.15. The molecule has 0 fully saturated rings. The van der Waals surface area contributed by atoms with Crippen molar-refractivity contribution in [3.8, 4) is 0 Å². The number of quaternary nitrogens is 1. The molecule has 0 saturated carbocycles. The monoisotopic (exact) mass is 397 g/mol. The van der Waals surface area contributed by atoms with E-state index in [0.717, 1.165) is 35.5 Å². The minimum absolute atomic E-state index is 0.344. The average molecular weight is 398 g/mol. The summed E-state index contributed by atoms with van der Waals surface area (Å²) in [5, 5.41) is 19.4. The molecule has 0 aromatic heterocycles. The van der Waals surface area contributed by atoms with Crippen LogP contribution < -0.4 is 5.11 Å². The quantitative estimate of drug-likeness (QED) is 0.249. The van der Waals surface area contributed by atoms with Gasteiger partial charge in [0.05, 0.1) is 32.2 Å². The van der Waals surface area contributed by atoms with E-state index in [9.17, 15) is 15.0 Å². The maximum absolute atomic E-state index is 10.1. The van der Waals surface area contributed by atoms with E-state index in [1.54, 1.807) is 6.92 Å². The molecule has 0 heterocycles. The third kappa shape index (κ3) is 18.2. The van der Waals surface area contributed by atoms with Crippen LogP contribution in [0.25, 0.3) is 0 Å². The minimum atomic E-state index is -1.11. The van der Waals surface area contributed by atoms with Gasteiger partial charge in [0.25, 0.3) is 0 Å². The number of carboxylic acid groups (broad SMARTS) is 1. The van der Waals surface area contributed by atoms with E-state index in [-0.39, 0.29) is 0 Å². The van der Waals surface area contributed by atoms with Crippen molar-refractivity contribution in [2.45, 2.75) is 92.9 Å². The molecule has 28 heavy (non-hydrogen) atoms. The summed E-state index contributed by atoms with van der Waals surface area (Å²) in [6, 6.07) is 0. The fourth-order valence-corrected chi connectivity index (χ4v) is 3.23. The van der Waals surface area contributed by atoms with Gasteiger partial charge >= 0.3 is 0 Å². The van der Waals surface area contributed by atoms with E-state index < -0.39 is 5.97 Å². The number of carboxylic acids is 1. The lowest BCUT2D eigenvalue weighted by Gasteiger charge is -2.38. The number of allylic oxidation sites excluding steroid dienone is 3. The zero-order valence-electron chi connectivity index (χ0n) is 19.6. The van der Waals surface area contributed by atoms with Gasteiger partial charge in [0, 0.05) is 0 Å². The fourth-order valence-electron chi connectivity index (χ4n) is 3.23. The molecule has 0 aromatic rings. The van der Waals surface area contributed by atoms with Crippen molar-refractivity contribution in [1.29, 1.82) is 0 Å². The summed E-state index contributed by atoms with van der Waals surface area (Å²) in [5.74, 6) is -1.11. The van der Waals surface area contributed by atoms with Crippen LogP contribution in [0.5, 0.6) is 0 Å². The van der Waals surface area contributed by atoms with Gasteiger partial charge < -0.3 is 19.5 Å². The molecule has 0 spiro atoms. The van der Waals surface area contributed by atoms with E-state index in [1.165, 1.54) is 63.7 Å². The average Bonchev–Trinajstić information content (AvgIpc) is 2.62. The molecule has 1 N–H and O–H groups in total. The second kappa shape index (κ2) is 19.2. The Balaban J connectivity index is 0. The molecule has 166 valence electrons. The summed E-state index contributed by atoms with van der Waals surface area (Å²) >= 11 is 0. The van der Waals surface area contributed by atoms with Gasteiger partial charge in [-0.3, -0.25) is 0 Å². The van der Waals surface area contributed by atoms with Crippen molar-refractivity contribution in [2.24, 2.45) is 0 Å². The predicted octanol–water partition coefficient (Wildman–Crippen LogP) is 4.62. The van der Waals surface area contributed by atoms with Crippen LogP contribution in [0.4, 0.5) is 0 Å². The maximum Gasteiger partial charge on any atom is 0.102 e. The van der Waals surface area contributed by atoms with E-state index in [2.05, 4.69) is 26.8 Å². The lowest BCUT2D eigenvalue weighted by molar-refractivity contribution is -0.929. The summed E-state index contributed by atoms with van der Waals surface area (Å²) in [6.45, 7) is 17.7. The first-order valence-electron chi connectivity index (χ1n) is 11.2. The van der Waals surface area contributed by atoms with Crippen molar-refractivity contribution in [3.63, 3.8) is 0 Å². The van der Waals surface area contributed by atoms with Crippen LogP contribution in [-0.2, 0) is 4.79 Å². The number of aliphatic hydroxyl groups excluding tert-OH is 1. The Kier molecular flexibility index (Phi) is 19.9. The van der Waals surface area contributed by atoms with Gasteiger partial charge in [0.2, 0.25) is 0 Å². The number of carbonyl (C=O) groups excluding carboxylic acids is 1. The van der Waals surface area contributed by atoms with E-state index in [0.29, 0.717) is 6.61 Å². The molecule has 4 heteroatoms. The first-order valence-corrected chi connectivity index (χ1v) is 11.2. The largest absolute Gasteiger partial charge is 0.545 e. The molecule has 0 aliphatic rings. The molecular formula is C24H47NO3. The van der Waals surface area contributed by atoms with Gasteiger partial charge in [-0.2, -0.15) is 0 Å². The normalized spacial score (nSPS) is 11.6.